The van der Waals surface area contributed by atoms with Crippen LogP contribution in [0.5, 0.6) is 0 Å². The van der Waals surface area contributed by atoms with Crippen molar-refractivity contribution in [2.75, 3.05) is 6.54 Å². The highest BCUT2D eigenvalue weighted by Gasteiger charge is 2.48. The van der Waals surface area contributed by atoms with E-state index in [2.05, 4.69) is 16.0 Å². The Balaban J connectivity index is 1.28. The van der Waals surface area contributed by atoms with E-state index in [1.807, 2.05) is 18.2 Å². The number of carbonyl (C=O) groups is 3. The van der Waals surface area contributed by atoms with Gasteiger partial charge in [0.15, 0.2) is 0 Å². The first-order valence-electron chi connectivity index (χ1n) is 9.78. The first kappa shape index (κ1) is 16.9. The van der Waals surface area contributed by atoms with Crippen LogP contribution in [0.15, 0.2) is 18.2 Å². The summed E-state index contributed by atoms with van der Waals surface area (Å²) in [5, 5.41) is 9.46. The third-order valence-electron chi connectivity index (χ3n) is 6.60. The van der Waals surface area contributed by atoms with E-state index in [9.17, 15) is 14.4 Å². The minimum atomic E-state index is -0.556. The Hall–Kier alpha value is -2.25. The molecule has 4 aliphatic rings. The molecule has 1 atom stereocenters. The second-order valence-corrected chi connectivity index (χ2v) is 8.29. The van der Waals surface area contributed by atoms with Gasteiger partial charge in [-0.05, 0) is 43.4 Å². The van der Waals surface area contributed by atoms with Gasteiger partial charge in [-0.3, -0.25) is 19.7 Å². The lowest BCUT2D eigenvalue weighted by molar-refractivity contribution is -0.136. The number of benzene rings is 1. The molecule has 1 unspecified atom stereocenters. The molecule has 3 amide bonds. The van der Waals surface area contributed by atoms with Gasteiger partial charge in [0.05, 0.1) is 0 Å². The summed E-state index contributed by atoms with van der Waals surface area (Å²) < 4.78 is 0. The number of nitrogens with zero attached hydrogens (tertiary/aromatic N) is 1. The molecule has 1 spiro atoms. The third kappa shape index (κ3) is 2.76. The normalized spacial score (nSPS) is 32.1. The Bertz CT molecular complexity index is 825. The van der Waals surface area contributed by atoms with E-state index in [1.54, 1.807) is 4.90 Å². The van der Waals surface area contributed by atoms with Gasteiger partial charge in [0, 0.05) is 36.7 Å². The van der Waals surface area contributed by atoms with E-state index in [0.717, 1.165) is 36.1 Å². The standard InChI is InChI=1S/C20H24N4O3/c25-16-5-4-15(18(26)23-16)24-11-13-3-1-2-12(17(13)19(24)27)10-21-14-8-20(9-14)6-7-22-20/h1-3,14-15,21-22H,4-11H2,(H,23,25,26). The zero-order valence-electron chi connectivity index (χ0n) is 15.2. The Morgan fingerprint density at radius 2 is 2.04 bits per heavy atom. The van der Waals surface area contributed by atoms with Crippen LogP contribution in [0.1, 0.15) is 53.6 Å². The summed E-state index contributed by atoms with van der Waals surface area (Å²) in [4.78, 5) is 38.3. The molecule has 7 nitrogen and oxygen atoms in total. The first-order valence-corrected chi connectivity index (χ1v) is 9.78. The van der Waals surface area contributed by atoms with Gasteiger partial charge in [0.2, 0.25) is 11.8 Å². The first-order chi connectivity index (χ1) is 13.0. The van der Waals surface area contributed by atoms with Gasteiger partial charge < -0.3 is 15.5 Å². The van der Waals surface area contributed by atoms with Crippen LogP contribution in [0.3, 0.4) is 0 Å². The summed E-state index contributed by atoms with van der Waals surface area (Å²) >= 11 is 0. The molecule has 3 aliphatic heterocycles. The summed E-state index contributed by atoms with van der Waals surface area (Å²) in [5.41, 5.74) is 3.07. The SMILES string of the molecule is O=C1CCC(N2Cc3cccc(CNC4CC5(CCN5)C4)c3C2=O)C(=O)N1. The number of carbonyl (C=O) groups excluding carboxylic acids is 3. The fraction of sp³-hybridized carbons (Fsp3) is 0.550. The lowest BCUT2D eigenvalue weighted by Gasteiger charge is -2.55. The van der Waals surface area contributed by atoms with Gasteiger partial charge in [-0.1, -0.05) is 18.2 Å². The largest absolute Gasteiger partial charge is 0.322 e. The average Bonchev–Trinajstić information content (AvgIpc) is 2.90. The van der Waals surface area contributed by atoms with Gasteiger partial charge in [-0.15, -0.1) is 0 Å². The van der Waals surface area contributed by atoms with Crippen LogP contribution in [-0.2, 0) is 22.7 Å². The Labute approximate surface area is 157 Å². The molecule has 3 N–H and O–H groups in total. The Kier molecular flexibility index (Phi) is 3.84. The van der Waals surface area contributed by atoms with Crippen LogP contribution in [0.4, 0.5) is 0 Å². The number of rotatable bonds is 4. The topological polar surface area (TPSA) is 90.5 Å². The molecule has 1 aromatic rings. The highest BCUT2D eigenvalue weighted by Crippen LogP contribution is 2.40. The van der Waals surface area contributed by atoms with Gasteiger partial charge >= 0.3 is 0 Å². The lowest BCUT2D eigenvalue weighted by Crippen LogP contribution is -2.68. The molecule has 0 aromatic heterocycles. The number of nitrogens with one attached hydrogen (secondary N) is 3. The maximum absolute atomic E-state index is 13.1. The zero-order chi connectivity index (χ0) is 18.6. The second-order valence-electron chi connectivity index (χ2n) is 8.29. The lowest BCUT2D eigenvalue weighted by atomic mass is 9.66. The number of fused-ring (bicyclic) bond motifs is 1. The minimum Gasteiger partial charge on any atom is -0.322 e. The van der Waals surface area contributed by atoms with Gasteiger partial charge in [0.1, 0.15) is 6.04 Å². The van der Waals surface area contributed by atoms with Crippen LogP contribution in [0.2, 0.25) is 0 Å². The van der Waals surface area contributed by atoms with Crippen LogP contribution >= 0.6 is 0 Å². The van der Waals surface area contributed by atoms with Crippen molar-refractivity contribution in [3.05, 3.63) is 34.9 Å². The molecular formula is C20H24N4O3. The fourth-order valence-corrected chi connectivity index (χ4v) is 4.95. The van der Waals surface area contributed by atoms with Crippen molar-refractivity contribution in [1.82, 2.24) is 20.9 Å². The van der Waals surface area contributed by atoms with E-state index in [4.69, 9.17) is 0 Å². The van der Waals surface area contributed by atoms with Crippen molar-refractivity contribution in [2.24, 2.45) is 0 Å². The maximum Gasteiger partial charge on any atom is 0.255 e. The van der Waals surface area contributed by atoms with E-state index in [0.29, 0.717) is 31.1 Å². The molecule has 3 fully saturated rings. The summed E-state index contributed by atoms with van der Waals surface area (Å²) in [6.45, 7) is 2.23. The molecule has 2 saturated heterocycles. The molecule has 5 rings (SSSR count). The van der Waals surface area contributed by atoms with Crippen molar-refractivity contribution in [3.63, 3.8) is 0 Å². The molecular weight excluding hydrogens is 344 g/mol. The second kappa shape index (κ2) is 6.14. The quantitative estimate of drug-likeness (QED) is 0.671. The van der Waals surface area contributed by atoms with Crippen molar-refractivity contribution in [1.29, 1.82) is 0 Å². The molecule has 142 valence electrons. The number of piperidine rings is 1. The summed E-state index contributed by atoms with van der Waals surface area (Å²) in [6, 6.07) is 5.87. The number of hydrogen-bond donors (Lipinski definition) is 3. The Morgan fingerprint density at radius 3 is 2.74 bits per heavy atom. The van der Waals surface area contributed by atoms with Crippen molar-refractivity contribution in [2.45, 2.75) is 62.8 Å². The van der Waals surface area contributed by atoms with Crippen LogP contribution in [0.25, 0.3) is 0 Å². The maximum atomic E-state index is 13.1. The highest BCUT2D eigenvalue weighted by molar-refractivity contribution is 6.05. The monoisotopic (exact) mass is 368 g/mol. The highest BCUT2D eigenvalue weighted by atomic mass is 16.2. The molecule has 27 heavy (non-hydrogen) atoms. The van der Waals surface area contributed by atoms with E-state index in [1.165, 1.54) is 6.42 Å². The van der Waals surface area contributed by atoms with Gasteiger partial charge in [-0.2, -0.15) is 0 Å². The van der Waals surface area contributed by atoms with Crippen LogP contribution in [0, 0.1) is 0 Å². The summed E-state index contributed by atoms with van der Waals surface area (Å²) in [5.74, 6) is -0.716. The van der Waals surface area contributed by atoms with E-state index in [-0.39, 0.29) is 24.1 Å². The van der Waals surface area contributed by atoms with Crippen molar-refractivity contribution >= 4 is 17.7 Å². The number of hydrogen-bond acceptors (Lipinski definition) is 5. The zero-order valence-corrected chi connectivity index (χ0v) is 15.2. The molecule has 3 heterocycles. The Morgan fingerprint density at radius 1 is 1.22 bits per heavy atom. The summed E-state index contributed by atoms with van der Waals surface area (Å²) in [6.07, 6.45) is 4.25. The van der Waals surface area contributed by atoms with Crippen LogP contribution < -0.4 is 16.0 Å². The van der Waals surface area contributed by atoms with Crippen LogP contribution in [-0.4, -0.2) is 46.8 Å². The molecule has 1 aromatic carbocycles. The minimum absolute atomic E-state index is 0.0948. The van der Waals surface area contributed by atoms with E-state index < -0.39 is 6.04 Å². The predicted molar refractivity (Wildman–Crippen MR) is 97.7 cm³/mol. The van der Waals surface area contributed by atoms with Gasteiger partial charge in [0.25, 0.3) is 5.91 Å². The van der Waals surface area contributed by atoms with Crippen molar-refractivity contribution < 1.29 is 14.4 Å². The number of amides is 3. The molecule has 0 bridgehead atoms. The van der Waals surface area contributed by atoms with Crippen molar-refractivity contribution in [3.8, 4) is 0 Å². The summed E-state index contributed by atoms with van der Waals surface area (Å²) in [7, 11) is 0. The third-order valence-corrected chi connectivity index (χ3v) is 6.60. The fourth-order valence-electron chi connectivity index (χ4n) is 4.95. The molecule has 0 radical (unpaired) electrons. The number of imide groups is 1. The predicted octanol–water partition coefficient (Wildman–Crippen LogP) is 0.432. The molecule has 7 heteroatoms. The molecule has 1 saturated carbocycles. The smallest absolute Gasteiger partial charge is 0.255 e. The van der Waals surface area contributed by atoms with Gasteiger partial charge in [-0.25, -0.2) is 0 Å². The molecule has 1 aliphatic carbocycles. The van der Waals surface area contributed by atoms with E-state index >= 15 is 0 Å². The average molecular weight is 368 g/mol.